The van der Waals surface area contributed by atoms with E-state index in [0.717, 1.165) is 16.7 Å². The van der Waals surface area contributed by atoms with Gasteiger partial charge in [0.05, 0.1) is 6.20 Å². The second-order valence-electron chi connectivity index (χ2n) is 5.33. The lowest BCUT2D eigenvalue weighted by atomic mass is 10.2. The summed E-state index contributed by atoms with van der Waals surface area (Å²) >= 11 is 0. The zero-order chi connectivity index (χ0) is 15.7. The van der Waals surface area contributed by atoms with Gasteiger partial charge in [-0.05, 0) is 19.1 Å². The van der Waals surface area contributed by atoms with Crippen LogP contribution in [0.15, 0.2) is 52.0 Å². The minimum absolute atomic E-state index is 0.159. The van der Waals surface area contributed by atoms with Crippen molar-refractivity contribution in [3.63, 3.8) is 0 Å². The fraction of sp³-hybridized carbons (Fsp3) is 0.267. The molecule has 1 N–H and O–H groups in total. The van der Waals surface area contributed by atoms with E-state index in [0.29, 0.717) is 6.42 Å². The SMILES string of the molecule is C[C@H](Cc1cc2ccccc2o1)NS(=O)(=O)c1cnn(C)c1. The van der Waals surface area contributed by atoms with E-state index < -0.39 is 10.0 Å². The number of aryl methyl sites for hydroxylation is 1. The van der Waals surface area contributed by atoms with Crippen LogP contribution in [-0.2, 0) is 23.5 Å². The number of nitrogens with zero attached hydrogens (tertiary/aromatic N) is 2. The number of sulfonamides is 1. The third-order valence-electron chi connectivity index (χ3n) is 3.33. The molecule has 2 aromatic heterocycles. The number of para-hydroxylation sites is 1. The Morgan fingerprint density at radius 1 is 1.36 bits per heavy atom. The Morgan fingerprint density at radius 3 is 2.82 bits per heavy atom. The first-order chi connectivity index (χ1) is 10.4. The maximum atomic E-state index is 12.2. The molecule has 0 unspecified atom stereocenters. The zero-order valence-electron chi connectivity index (χ0n) is 12.4. The second kappa shape index (κ2) is 5.58. The van der Waals surface area contributed by atoms with Gasteiger partial charge in [-0.1, -0.05) is 18.2 Å². The van der Waals surface area contributed by atoms with Crippen molar-refractivity contribution < 1.29 is 12.8 Å². The molecule has 116 valence electrons. The van der Waals surface area contributed by atoms with Gasteiger partial charge in [0.1, 0.15) is 16.2 Å². The van der Waals surface area contributed by atoms with Crippen molar-refractivity contribution in [2.75, 3.05) is 0 Å². The van der Waals surface area contributed by atoms with Crippen LogP contribution in [0.2, 0.25) is 0 Å². The summed E-state index contributed by atoms with van der Waals surface area (Å²) in [4.78, 5) is 0.159. The molecule has 0 radical (unpaired) electrons. The van der Waals surface area contributed by atoms with Gasteiger partial charge in [-0.2, -0.15) is 5.10 Å². The maximum Gasteiger partial charge on any atom is 0.243 e. The number of aromatic nitrogens is 2. The molecule has 1 aromatic carbocycles. The van der Waals surface area contributed by atoms with E-state index in [1.165, 1.54) is 17.1 Å². The largest absolute Gasteiger partial charge is 0.461 e. The molecule has 1 atom stereocenters. The summed E-state index contributed by atoms with van der Waals surface area (Å²) in [6, 6.07) is 9.35. The summed E-state index contributed by atoms with van der Waals surface area (Å²) in [5, 5.41) is 4.90. The molecule has 0 aliphatic rings. The van der Waals surface area contributed by atoms with Gasteiger partial charge in [0, 0.05) is 31.1 Å². The van der Waals surface area contributed by atoms with Gasteiger partial charge >= 0.3 is 0 Å². The van der Waals surface area contributed by atoms with E-state index in [-0.39, 0.29) is 10.9 Å². The molecule has 6 nitrogen and oxygen atoms in total. The zero-order valence-corrected chi connectivity index (χ0v) is 13.2. The molecule has 0 saturated carbocycles. The molecule has 22 heavy (non-hydrogen) atoms. The van der Waals surface area contributed by atoms with Crippen molar-refractivity contribution in [2.45, 2.75) is 24.3 Å². The van der Waals surface area contributed by atoms with E-state index in [4.69, 9.17) is 4.42 Å². The van der Waals surface area contributed by atoms with E-state index in [1.54, 1.807) is 14.0 Å². The molecule has 0 spiro atoms. The van der Waals surface area contributed by atoms with Crippen molar-refractivity contribution in [3.8, 4) is 0 Å². The number of hydrogen-bond acceptors (Lipinski definition) is 4. The molecule has 0 aliphatic heterocycles. The van der Waals surface area contributed by atoms with Crippen LogP contribution >= 0.6 is 0 Å². The number of furan rings is 1. The maximum absolute atomic E-state index is 12.2. The van der Waals surface area contributed by atoms with Gasteiger partial charge in [0.25, 0.3) is 0 Å². The van der Waals surface area contributed by atoms with Crippen LogP contribution in [0.5, 0.6) is 0 Å². The summed E-state index contributed by atoms with van der Waals surface area (Å²) in [6.45, 7) is 1.81. The highest BCUT2D eigenvalue weighted by Crippen LogP contribution is 2.20. The standard InChI is InChI=1S/C15H17N3O3S/c1-11(17-22(19,20)14-9-16-18(2)10-14)7-13-8-12-5-3-4-6-15(12)21-13/h3-6,8-11,17H,7H2,1-2H3/t11-/m1/s1. The first kappa shape index (κ1) is 14.8. The quantitative estimate of drug-likeness (QED) is 0.781. The summed E-state index contributed by atoms with van der Waals surface area (Å²) in [6.07, 6.45) is 3.28. The minimum Gasteiger partial charge on any atom is -0.461 e. The number of fused-ring (bicyclic) bond motifs is 1. The van der Waals surface area contributed by atoms with Gasteiger partial charge in [-0.15, -0.1) is 0 Å². The fourth-order valence-corrected chi connectivity index (χ4v) is 3.58. The Bertz CT molecular complexity index is 863. The highest BCUT2D eigenvalue weighted by molar-refractivity contribution is 7.89. The normalized spacial score (nSPS) is 13.5. The number of rotatable bonds is 5. The Hall–Kier alpha value is -2.12. The average molecular weight is 319 g/mol. The third-order valence-corrected chi connectivity index (χ3v) is 4.88. The van der Waals surface area contributed by atoms with Crippen LogP contribution in [0.1, 0.15) is 12.7 Å². The molecule has 2 heterocycles. The third kappa shape index (κ3) is 3.05. The Labute approximate surface area is 128 Å². The predicted molar refractivity (Wildman–Crippen MR) is 82.9 cm³/mol. The van der Waals surface area contributed by atoms with Crippen molar-refractivity contribution in [1.82, 2.24) is 14.5 Å². The van der Waals surface area contributed by atoms with Crippen LogP contribution in [-0.4, -0.2) is 24.2 Å². The molecular formula is C15H17N3O3S. The van der Waals surface area contributed by atoms with Gasteiger partial charge in [0.2, 0.25) is 10.0 Å². The summed E-state index contributed by atoms with van der Waals surface area (Å²) in [7, 11) is -1.89. The van der Waals surface area contributed by atoms with Crippen LogP contribution in [0, 0.1) is 0 Å². The van der Waals surface area contributed by atoms with Crippen molar-refractivity contribution >= 4 is 21.0 Å². The van der Waals surface area contributed by atoms with Gasteiger partial charge in [-0.3, -0.25) is 4.68 Å². The van der Waals surface area contributed by atoms with Gasteiger partial charge < -0.3 is 4.42 Å². The summed E-state index contributed by atoms with van der Waals surface area (Å²) < 4.78 is 34.3. The van der Waals surface area contributed by atoms with Gasteiger partial charge in [-0.25, -0.2) is 13.1 Å². The summed E-state index contributed by atoms with van der Waals surface area (Å²) in [5.74, 6) is 0.752. The summed E-state index contributed by atoms with van der Waals surface area (Å²) in [5.41, 5.74) is 0.805. The lowest BCUT2D eigenvalue weighted by Gasteiger charge is -2.11. The average Bonchev–Trinajstić information content (AvgIpc) is 3.03. The predicted octanol–water partition coefficient (Wildman–Crippen LogP) is 2.08. The van der Waals surface area contributed by atoms with Crippen molar-refractivity contribution in [3.05, 3.63) is 48.5 Å². The Balaban J connectivity index is 1.73. The van der Waals surface area contributed by atoms with Crippen molar-refractivity contribution in [2.24, 2.45) is 7.05 Å². The molecule has 0 aliphatic carbocycles. The molecule has 0 saturated heterocycles. The Morgan fingerprint density at radius 2 is 2.14 bits per heavy atom. The molecule has 3 aromatic rings. The lowest BCUT2D eigenvalue weighted by Crippen LogP contribution is -2.33. The molecule has 0 amide bonds. The topological polar surface area (TPSA) is 77.1 Å². The molecule has 0 bridgehead atoms. The molecule has 7 heteroatoms. The lowest BCUT2D eigenvalue weighted by molar-refractivity contribution is 0.504. The Kier molecular flexibility index (Phi) is 3.76. The van der Waals surface area contributed by atoms with Crippen LogP contribution in [0.4, 0.5) is 0 Å². The first-order valence-corrected chi connectivity index (χ1v) is 8.41. The van der Waals surface area contributed by atoms with Crippen LogP contribution in [0.3, 0.4) is 0 Å². The number of benzene rings is 1. The smallest absolute Gasteiger partial charge is 0.243 e. The molecule has 3 rings (SSSR count). The highest BCUT2D eigenvalue weighted by atomic mass is 32.2. The van der Waals surface area contributed by atoms with E-state index in [1.807, 2.05) is 30.3 Å². The van der Waals surface area contributed by atoms with Gasteiger partial charge in [0.15, 0.2) is 0 Å². The second-order valence-corrected chi connectivity index (χ2v) is 7.04. The minimum atomic E-state index is -3.56. The number of hydrogen-bond donors (Lipinski definition) is 1. The fourth-order valence-electron chi connectivity index (χ4n) is 2.35. The van der Waals surface area contributed by atoms with Crippen LogP contribution < -0.4 is 4.72 Å². The van der Waals surface area contributed by atoms with Crippen molar-refractivity contribution in [1.29, 1.82) is 0 Å². The van der Waals surface area contributed by atoms with E-state index >= 15 is 0 Å². The number of nitrogens with one attached hydrogen (secondary N) is 1. The van der Waals surface area contributed by atoms with E-state index in [9.17, 15) is 8.42 Å². The van der Waals surface area contributed by atoms with Crippen LogP contribution in [0.25, 0.3) is 11.0 Å². The first-order valence-electron chi connectivity index (χ1n) is 6.92. The highest BCUT2D eigenvalue weighted by Gasteiger charge is 2.20. The molecule has 0 fully saturated rings. The van der Waals surface area contributed by atoms with E-state index in [2.05, 4.69) is 9.82 Å². The monoisotopic (exact) mass is 319 g/mol. The molecular weight excluding hydrogens is 302 g/mol.